The zero-order valence-corrected chi connectivity index (χ0v) is 5.90. The minimum Gasteiger partial charge on any atom is -0.397 e. The van der Waals surface area contributed by atoms with Gasteiger partial charge in [0, 0.05) is 0 Å². The third-order valence-electron chi connectivity index (χ3n) is 0.956. The van der Waals surface area contributed by atoms with E-state index in [1.54, 1.807) is 0 Å². The zero-order chi connectivity index (χ0) is 7.98. The summed E-state index contributed by atoms with van der Waals surface area (Å²) in [6, 6.07) is 0. The lowest BCUT2D eigenvalue weighted by atomic mass is 10.3. The minimum atomic E-state index is -0.815. The van der Waals surface area contributed by atoms with E-state index >= 15 is 0 Å². The Morgan fingerprint density at radius 1 is 1.50 bits per heavy atom. The fourth-order valence-electron chi connectivity index (χ4n) is 0.503. The van der Waals surface area contributed by atoms with Crippen molar-refractivity contribution in [2.45, 2.75) is 13.3 Å². The molecule has 0 radical (unpaired) electrons. The molecule has 0 fully saturated rings. The molecule has 0 aliphatic heterocycles. The Balaban J connectivity index is 4.06. The van der Waals surface area contributed by atoms with Gasteiger partial charge in [-0.3, -0.25) is 0 Å². The molecule has 0 aromatic rings. The van der Waals surface area contributed by atoms with E-state index in [0.717, 1.165) is 6.08 Å². The third kappa shape index (κ3) is 3.22. The van der Waals surface area contributed by atoms with Crippen molar-refractivity contribution in [3.63, 3.8) is 0 Å². The van der Waals surface area contributed by atoms with Gasteiger partial charge in [0.25, 0.3) is 0 Å². The SMILES string of the molecule is CC/C=C(N)\C(F)=C/CF. The second kappa shape index (κ2) is 4.97. The van der Waals surface area contributed by atoms with E-state index in [1.165, 1.54) is 6.08 Å². The maximum absolute atomic E-state index is 12.4. The molecule has 0 amide bonds. The summed E-state index contributed by atoms with van der Waals surface area (Å²) in [5.41, 5.74) is 5.18. The van der Waals surface area contributed by atoms with Crippen LogP contribution in [0.5, 0.6) is 0 Å². The summed E-state index contributed by atoms with van der Waals surface area (Å²) in [4.78, 5) is 0. The van der Waals surface area contributed by atoms with Crippen LogP contribution >= 0.6 is 0 Å². The lowest BCUT2D eigenvalue weighted by molar-refractivity contribution is 0.544. The maximum atomic E-state index is 12.4. The first-order valence-corrected chi connectivity index (χ1v) is 3.10. The lowest BCUT2D eigenvalue weighted by Gasteiger charge is -1.93. The maximum Gasteiger partial charge on any atom is 0.144 e. The highest BCUT2D eigenvalue weighted by molar-refractivity contribution is 5.21. The van der Waals surface area contributed by atoms with Crippen molar-refractivity contribution in [1.29, 1.82) is 0 Å². The van der Waals surface area contributed by atoms with Crippen LogP contribution in [0.3, 0.4) is 0 Å². The highest BCUT2D eigenvalue weighted by atomic mass is 19.1. The molecule has 0 aliphatic carbocycles. The van der Waals surface area contributed by atoms with Crippen molar-refractivity contribution in [2.75, 3.05) is 6.67 Å². The minimum absolute atomic E-state index is 0.0140. The molecule has 0 heterocycles. The molecule has 0 spiro atoms. The molecule has 0 saturated carbocycles. The largest absolute Gasteiger partial charge is 0.397 e. The first-order valence-electron chi connectivity index (χ1n) is 3.10. The quantitative estimate of drug-likeness (QED) is 0.607. The third-order valence-corrected chi connectivity index (χ3v) is 0.956. The van der Waals surface area contributed by atoms with Crippen LogP contribution < -0.4 is 5.73 Å². The van der Waals surface area contributed by atoms with Crippen LogP contribution in [-0.2, 0) is 0 Å². The van der Waals surface area contributed by atoms with Gasteiger partial charge in [-0.05, 0) is 12.5 Å². The van der Waals surface area contributed by atoms with Gasteiger partial charge < -0.3 is 5.73 Å². The van der Waals surface area contributed by atoms with E-state index in [-0.39, 0.29) is 5.70 Å². The summed E-state index contributed by atoms with van der Waals surface area (Å²) < 4.78 is 23.9. The van der Waals surface area contributed by atoms with Crippen LogP contribution in [-0.4, -0.2) is 6.67 Å². The molecule has 0 aromatic carbocycles. The van der Waals surface area contributed by atoms with Crippen molar-refractivity contribution >= 4 is 0 Å². The highest BCUT2D eigenvalue weighted by Crippen LogP contribution is 2.05. The summed E-state index contributed by atoms with van der Waals surface area (Å²) in [5.74, 6) is -0.677. The van der Waals surface area contributed by atoms with Crippen molar-refractivity contribution in [3.8, 4) is 0 Å². The molecule has 0 aromatic heterocycles. The number of rotatable bonds is 3. The van der Waals surface area contributed by atoms with E-state index in [0.29, 0.717) is 6.42 Å². The Morgan fingerprint density at radius 3 is 2.50 bits per heavy atom. The second-order valence-corrected chi connectivity index (χ2v) is 1.77. The van der Waals surface area contributed by atoms with Crippen LogP contribution in [0.25, 0.3) is 0 Å². The standard InChI is InChI=1S/C7H11F2N/c1-2-3-7(10)6(9)4-5-8/h3-4H,2,5,10H2,1H3/b6-4+,7-3+. The van der Waals surface area contributed by atoms with Gasteiger partial charge in [0.1, 0.15) is 12.5 Å². The van der Waals surface area contributed by atoms with Crippen molar-refractivity contribution in [3.05, 3.63) is 23.7 Å². The van der Waals surface area contributed by atoms with Crippen LogP contribution in [0.2, 0.25) is 0 Å². The van der Waals surface area contributed by atoms with Crippen LogP contribution in [0, 0.1) is 0 Å². The number of halogens is 2. The van der Waals surface area contributed by atoms with E-state index in [9.17, 15) is 8.78 Å². The Bertz CT molecular complexity index is 132. The van der Waals surface area contributed by atoms with Gasteiger partial charge in [0.05, 0.1) is 5.70 Å². The summed E-state index contributed by atoms with van der Waals surface area (Å²) in [6.45, 7) is 1.01. The van der Waals surface area contributed by atoms with Crippen LogP contribution in [0.1, 0.15) is 13.3 Å². The molecule has 58 valence electrons. The number of hydrogen-bond acceptors (Lipinski definition) is 1. The van der Waals surface area contributed by atoms with Gasteiger partial charge in [-0.1, -0.05) is 13.0 Å². The van der Waals surface area contributed by atoms with Gasteiger partial charge in [-0.15, -0.1) is 0 Å². The molecule has 0 saturated heterocycles. The zero-order valence-electron chi connectivity index (χ0n) is 5.90. The number of nitrogens with two attached hydrogens (primary N) is 1. The molecule has 0 unspecified atom stereocenters. The Morgan fingerprint density at radius 2 is 2.10 bits per heavy atom. The van der Waals surface area contributed by atoms with Crippen molar-refractivity contribution in [2.24, 2.45) is 5.73 Å². The predicted molar refractivity (Wildman–Crippen MR) is 37.7 cm³/mol. The Labute approximate surface area is 59.2 Å². The fraction of sp³-hybridized carbons (Fsp3) is 0.429. The summed E-state index contributed by atoms with van der Waals surface area (Å²) in [7, 11) is 0. The number of allylic oxidation sites excluding steroid dienone is 3. The molecular formula is C7H11F2N. The van der Waals surface area contributed by atoms with Gasteiger partial charge in [-0.2, -0.15) is 0 Å². The molecule has 0 atom stereocenters. The average molecular weight is 147 g/mol. The molecule has 2 N–H and O–H groups in total. The molecule has 1 nitrogen and oxygen atoms in total. The van der Waals surface area contributed by atoms with Gasteiger partial charge in [0.15, 0.2) is 0 Å². The number of hydrogen-bond donors (Lipinski definition) is 1. The Hall–Kier alpha value is -0.860. The summed E-state index contributed by atoms with van der Waals surface area (Å²) in [5, 5.41) is 0. The Kier molecular flexibility index (Phi) is 4.54. The summed E-state index contributed by atoms with van der Waals surface area (Å²) >= 11 is 0. The van der Waals surface area contributed by atoms with E-state index in [1.807, 2.05) is 6.92 Å². The highest BCUT2D eigenvalue weighted by Gasteiger charge is 1.95. The van der Waals surface area contributed by atoms with Crippen LogP contribution in [0.15, 0.2) is 23.7 Å². The second-order valence-electron chi connectivity index (χ2n) is 1.77. The first-order chi connectivity index (χ1) is 4.72. The van der Waals surface area contributed by atoms with E-state index < -0.39 is 12.5 Å². The molecule has 0 bridgehead atoms. The average Bonchev–Trinajstić information content (AvgIpc) is 1.89. The normalized spacial score (nSPS) is 13.9. The molecule has 0 rings (SSSR count). The summed E-state index contributed by atoms with van der Waals surface area (Å²) in [6.07, 6.45) is 2.96. The van der Waals surface area contributed by atoms with Gasteiger partial charge >= 0.3 is 0 Å². The molecule has 3 heteroatoms. The molecule has 0 aliphatic rings. The van der Waals surface area contributed by atoms with Gasteiger partial charge in [-0.25, -0.2) is 8.78 Å². The van der Waals surface area contributed by atoms with E-state index in [2.05, 4.69) is 0 Å². The fourth-order valence-corrected chi connectivity index (χ4v) is 0.503. The molecular weight excluding hydrogens is 136 g/mol. The number of alkyl halides is 1. The van der Waals surface area contributed by atoms with Crippen molar-refractivity contribution < 1.29 is 8.78 Å². The van der Waals surface area contributed by atoms with Gasteiger partial charge in [0.2, 0.25) is 0 Å². The molecule has 10 heavy (non-hydrogen) atoms. The first kappa shape index (κ1) is 9.14. The predicted octanol–water partition coefficient (Wildman–Crippen LogP) is 2.06. The smallest absolute Gasteiger partial charge is 0.144 e. The van der Waals surface area contributed by atoms with E-state index in [4.69, 9.17) is 5.73 Å². The van der Waals surface area contributed by atoms with Crippen molar-refractivity contribution in [1.82, 2.24) is 0 Å². The van der Waals surface area contributed by atoms with Crippen LogP contribution in [0.4, 0.5) is 8.78 Å². The monoisotopic (exact) mass is 147 g/mol. The lowest BCUT2D eigenvalue weighted by Crippen LogP contribution is -1.97. The topological polar surface area (TPSA) is 26.0 Å².